The zero-order chi connectivity index (χ0) is 13.3. The number of anilines is 1. The first-order valence-electron chi connectivity index (χ1n) is 5.90. The molecular weight excluding hydrogens is 296 g/mol. The number of rotatable bonds is 4. The Morgan fingerprint density at radius 1 is 1.50 bits per heavy atom. The van der Waals surface area contributed by atoms with Gasteiger partial charge in [-0.2, -0.15) is 5.10 Å². The van der Waals surface area contributed by atoms with E-state index in [9.17, 15) is 5.11 Å². The summed E-state index contributed by atoms with van der Waals surface area (Å²) in [5.41, 5.74) is 1.92. The fraction of sp³-hybridized carbons (Fsp3) is 0.500. The van der Waals surface area contributed by atoms with E-state index in [0.717, 1.165) is 28.1 Å². The number of imidazole rings is 1. The molecule has 0 aliphatic heterocycles. The number of nitrogens with zero attached hydrogens (tertiary/aromatic N) is 3. The highest BCUT2D eigenvalue weighted by Crippen LogP contribution is 2.21. The van der Waals surface area contributed by atoms with Crippen LogP contribution in [0.5, 0.6) is 0 Å². The van der Waals surface area contributed by atoms with Gasteiger partial charge < -0.3 is 10.4 Å². The summed E-state index contributed by atoms with van der Waals surface area (Å²) in [6.45, 7) is 6.04. The van der Waals surface area contributed by atoms with Gasteiger partial charge in [-0.1, -0.05) is 6.92 Å². The molecule has 0 aliphatic carbocycles. The van der Waals surface area contributed by atoms with Crippen molar-refractivity contribution in [2.45, 2.75) is 32.8 Å². The fourth-order valence-electron chi connectivity index (χ4n) is 1.67. The van der Waals surface area contributed by atoms with E-state index in [1.807, 2.05) is 16.8 Å². The minimum Gasteiger partial charge on any atom is -0.389 e. The first-order valence-corrected chi connectivity index (χ1v) is 6.69. The van der Waals surface area contributed by atoms with Gasteiger partial charge in [-0.15, -0.1) is 0 Å². The fourth-order valence-corrected chi connectivity index (χ4v) is 2.05. The molecule has 0 radical (unpaired) electrons. The van der Waals surface area contributed by atoms with Crippen molar-refractivity contribution in [1.29, 1.82) is 0 Å². The summed E-state index contributed by atoms with van der Waals surface area (Å²) in [6.07, 6.45) is 2.69. The quantitative estimate of drug-likeness (QED) is 0.909. The van der Waals surface area contributed by atoms with Crippen LogP contribution in [0.15, 0.2) is 16.9 Å². The smallest absolute Gasteiger partial charge is 0.177 e. The Kier molecular flexibility index (Phi) is 3.59. The Morgan fingerprint density at radius 2 is 2.22 bits per heavy atom. The van der Waals surface area contributed by atoms with Crippen molar-refractivity contribution in [1.82, 2.24) is 14.6 Å². The maximum absolute atomic E-state index is 9.75. The zero-order valence-electron chi connectivity index (χ0n) is 10.7. The SMILES string of the molecule is CCc1cnc2c(NCC(C)(C)O)cc(Br)nn12. The molecule has 0 bridgehead atoms. The predicted molar refractivity (Wildman–Crippen MR) is 74.9 cm³/mol. The minimum atomic E-state index is -0.771. The number of aliphatic hydroxyl groups is 1. The zero-order valence-corrected chi connectivity index (χ0v) is 12.3. The number of fused-ring (bicyclic) bond motifs is 1. The van der Waals surface area contributed by atoms with E-state index in [4.69, 9.17) is 0 Å². The summed E-state index contributed by atoms with van der Waals surface area (Å²) in [7, 11) is 0. The molecule has 5 nitrogen and oxygen atoms in total. The van der Waals surface area contributed by atoms with E-state index in [-0.39, 0.29) is 0 Å². The van der Waals surface area contributed by atoms with Gasteiger partial charge >= 0.3 is 0 Å². The summed E-state index contributed by atoms with van der Waals surface area (Å²) in [6, 6.07) is 1.87. The largest absolute Gasteiger partial charge is 0.389 e. The van der Waals surface area contributed by atoms with Gasteiger partial charge in [0, 0.05) is 6.54 Å². The van der Waals surface area contributed by atoms with E-state index in [0.29, 0.717) is 6.54 Å². The van der Waals surface area contributed by atoms with E-state index in [2.05, 4.69) is 38.3 Å². The number of hydrogen-bond acceptors (Lipinski definition) is 4. The Bertz CT molecular complexity index is 559. The third kappa shape index (κ3) is 2.81. The van der Waals surface area contributed by atoms with Gasteiger partial charge in [0.1, 0.15) is 4.60 Å². The van der Waals surface area contributed by atoms with E-state index in [1.54, 1.807) is 13.8 Å². The lowest BCUT2D eigenvalue weighted by Crippen LogP contribution is -2.29. The van der Waals surface area contributed by atoms with Gasteiger partial charge in [-0.05, 0) is 42.3 Å². The topological polar surface area (TPSA) is 62.5 Å². The predicted octanol–water partition coefficient (Wildman–Crippen LogP) is 2.24. The van der Waals surface area contributed by atoms with Crippen molar-refractivity contribution in [2.24, 2.45) is 0 Å². The molecule has 0 saturated heterocycles. The number of aromatic nitrogens is 3. The molecule has 2 heterocycles. The molecule has 0 fully saturated rings. The van der Waals surface area contributed by atoms with Crippen LogP contribution in [0, 0.1) is 0 Å². The first kappa shape index (κ1) is 13.3. The average Bonchev–Trinajstić information content (AvgIpc) is 2.67. The second-order valence-electron chi connectivity index (χ2n) is 4.89. The maximum atomic E-state index is 9.75. The van der Waals surface area contributed by atoms with Crippen LogP contribution in [0.4, 0.5) is 5.69 Å². The van der Waals surface area contributed by atoms with Crippen molar-refractivity contribution in [2.75, 3.05) is 11.9 Å². The first-order chi connectivity index (χ1) is 8.40. The number of nitrogens with one attached hydrogen (secondary N) is 1. The Balaban J connectivity index is 2.40. The Morgan fingerprint density at radius 3 is 2.83 bits per heavy atom. The van der Waals surface area contributed by atoms with Crippen LogP contribution in [0.3, 0.4) is 0 Å². The number of aryl methyl sites for hydroxylation is 1. The molecule has 0 saturated carbocycles. The van der Waals surface area contributed by atoms with Crippen molar-refractivity contribution >= 4 is 27.3 Å². The third-order valence-corrected chi connectivity index (χ3v) is 2.97. The lowest BCUT2D eigenvalue weighted by molar-refractivity contribution is 0.0945. The summed E-state index contributed by atoms with van der Waals surface area (Å²) in [5.74, 6) is 0. The van der Waals surface area contributed by atoms with Crippen molar-refractivity contribution in [3.63, 3.8) is 0 Å². The second kappa shape index (κ2) is 4.85. The van der Waals surface area contributed by atoms with Crippen molar-refractivity contribution < 1.29 is 5.11 Å². The van der Waals surface area contributed by atoms with Crippen LogP contribution in [-0.2, 0) is 6.42 Å². The molecule has 2 aromatic rings. The van der Waals surface area contributed by atoms with Gasteiger partial charge in [-0.25, -0.2) is 9.50 Å². The summed E-state index contributed by atoms with van der Waals surface area (Å²) >= 11 is 3.39. The molecule has 0 amide bonds. The van der Waals surface area contributed by atoms with Crippen LogP contribution in [-0.4, -0.2) is 31.9 Å². The van der Waals surface area contributed by atoms with E-state index < -0.39 is 5.60 Å². The van der Waals surface area contributed by atoms with E-state index in [1.165, 1.54) is 0 Å². The van der Waals surface area contributed by atoms with Crippen LogP contribution in [0.1, 0.15) is 26.5 Å². The van der Waals surface area contributed by atoms with Gasteiger partial charge in [0.05, 0.1) is 23.2 Å². The molecule has 0 aliphatic rings. The normalized spacial score (nSPS) is 12.1. The molecule has 0 atom stereocenters. The molecule has 0 unspecified atom stereocenters. The van der Waals surface area contributed by atoms with Gasteiger partial charge in [0.25, 0.3) is 0 Å². The molecule has 6 heteroatoms. The molecule has 0 spiro atoms. The third-order valence-electron chi connectivity index (χ3n) is 2.58. The summed E-state index contributed by atoms with van der Waals surface area (Å²) in [4.78, 5) is 4.37. The highest BCUT2D eigenvalue weighted by molar-refractivity contribution is 9.10. The molecule has 2 N–H and O–H groups in total. The van der Waals surface area contributed by atoms with Gasteiger partial charge in [0.2, 0.25) is 0 Å². The molecule has 2 aromatic heterocycles. The van der Waals surface area contributed by atoms with Crippen LogP contribution >= 0.6 is 15.9 Å². The molecule has 98 valence electrons. The van der Waals surface area contributed by atoms with Crippen LogP contribution in [0.25, 0.3) is 5.65 Å². The van der Waals surface area contributed by atoms with Gasteiger partial charge in [-0.3, -0.25) is 0 Å². The number of halogens is 1. The highest BCUT2D eigenvalue weighted by atomic mass is 79.9. The summed E-state index contributed by atoms with van der Waals surface area (Å²) in [5, 5.41) is 17.3. The highest BCUT2D eigenvalue weighted by Gasteiger charge is 2.15. The summed E-state index contributed by atoms with van der Waals surface area (Å²) < 4.78 is 2.55. The second-order valence-corrected chi connectivity index (χ2v) is 5.70. The van der Waals surface area contributed by atoms with E-state index >= 15 is 0 Å². The average molecular weight is 313 g/mol. The van der Waals surface area contributed by atoms with Crippen molar-refractivity contribution in [3.8, 4) is 0 Å². The van der Waals surface area contributed by atoms with Crippen LogP contribution in [0.2, 0.25) is 0 Å². The Labute approximate surface area is 114 Å². The van der Waals surface area contributed by atoms with Crippen LogP contribution < -0.4 is 5.32 Å². The Hall–Kier alpha value is -1.14. The monoisotopic (exact) mass is 312 g/mol. The maximum Gasteiger partial charge on any atom is 0.177 e. The minimum absolute atomic E-state index is 0.452. The molecule has 2 rings (SSSR count). The molecule has 18 heavy (non-hydrogen) atoms. The molecule has 0 aromatic carbocycles. The van der Waals surface area contributed by atoms with Gasteiger partial charge in [0.15, 0.2) is 5.65 Å². The van der Waals surface area contributed by atoms with Crippen molar-refractivity contribution in [3.05, 3.63) is 22.6 Å². The standard InChI is InChI=1S/C12H17BrN4O/c1-4-8-6-14-11-9(15-7-12(2,3)18)5-10(13)16-17(8)11/h5-6,15,18H,4,7H2,1-3H3. The lowest BCUT2D eigenvalue weighted by atomic mass is 10.1. The lowest BCUT2D eigenvalue weighted by Gasteiger charge is -2.18. The number of hydrogen-bond donors (Lipinski definition) is 2. The molecular formula is C12H17BrN4O.